The fourth-order valence-corrected chi connectivity index (χ4v) is 3.62. The molecule has 0 atom stereocenters. The number of thiophene rings is 1. The van der Waals surface area contributed by atoms with Gasteiger partial charge in [0.1, 0.15) is 0 Å². The Labute approximate surface area is 103 Å². The number of aryl methyl sites for hydroxylation is 1. The second kappa shape index (κ2) is 3.85. The molecule has 1 aromatic rings. The number of nitrogens with one attached hydrogen (secondary N) is 1. The van der Waals surface area contributed by atoms with Crippen molar-refractivity contribution in [2.24, 2.45) is 16.7 Å². The molecule has 0 bridgehead atoms. The molecule has 1 aliphatic carbocycles. The zero-order valence-corrected chi connectivity index (χ0v) is 11.9. The van der Waals surface area contributed by atoms with Gasteiger partial charge in [-0.2, -0.15) is 0 Å². The predicted molar refractivity (Wildman–Crippen MR) is 71.8 cm³/mol. The standard InChI is InChI=1S/C14H23NS/c1-10-6-7-11(16-10)8-15-9-12-13(2,3)14(12,4)5/h6-7,12,15H,8-9H2,1-5H3. The highest BCUT2D eigenvalue weighted by atomic mass is 32.1. The van der Waals surface area contributed by atoms with Gasteiger partial charge < -0.3 is 5.32 Å². The van der Waals surface area contributed by atoms with Crippen LogP contribution in [0.2, 0.25) is 0 Å². The van der Waals surface area contributed by atoms with E-state index in [0.717, 1.165) is 19.0 Å². The first kappa shape index (κ1) is 12.1. The highest BCUT2D eigenvalue weighted by Gasteiger charge is 2.63. The fourth-order valence-electron chi connectivity index (χ4n) is 2.76. The molecule has 1 fully saturated rings. The molecule has 1 heterocycles. The van der Waals surface area contributed by atoms with Crippen molar-refractivity contribution in [2.45, 2.75) is 41.2 Å². The van der Waals surface area contributed by atoms with E-state index < -0.39 is 0 Å². The zero-order valence-electron chi connectivity index (χ0n) is 11.1. The van der Waals surface area contributed by atoms with Crippen molar-refractivity contribution in [3.05, 3.63) is 21.9 Å². The van der Waals surface area contributed by atoms with Gasteiger partial charge in [-0.3, -0.25) is 0 Å². The molecular weight excluding hydrogens is 214 g/mol. The van der Waals surface area contributed by atoms with E-state index in [1.807, 2.05) is 11.3 Å². The minimum Gasteiger partial charge on any atom is -0.312 e. The first-order valence-electron chi connectivity index (χ1n) is 6.12. The van der Waals surface area contributed by atoms with Gasteiger partial charge in [-0.15, -0.1) is 11.3 Å². The molecule has 0 aliphatic heterocycles. The molecule has 1 nitrogen and oxygen atoms in total. The minimum atomic E-state index is 0.505. The Morgan fingerprint density at radius 2 is 1.81 bits per heavy atom. The summed E-state index contributed by atoms with van der Waals surface area (Å²) in [7, 11) is 0. The Morgan fingerprint density at radius 1 is 1.19 bits per heavy atom. The normalized spacial score (nSPS) is 22.3. The van der Waals surface area contributed by atoms with Gasteiger partial charge in [0, 0.05) is 16.3 Å². The lowest BCUT2D eigenvalue weighted by Gasteiger charge is -2.04. The van der Waals surface area contributed by atoms with Crippen molar-refractivity contribution in [2.75, 3.05) is 6.54 Å². The average Bonchev–Trinajstić information content (AvgIpc) is 2.53. The molecule has 1 saturated carbocycles. The van der Waals surface area contributed by atoms with Gasteiger partial charge in [-0.25, -0.2) is 0 Å². The Kier molecular flexibility index (Phi) is 2.92. The monoisotopic (exact) mass is 237 g/mol. The summed E-state index contributed by atoms with van der Waals surface area (Å²) in [5.41, 5.74) is 1.01. The fraction of sp³-hybridized carbons (Fsp3) is 0.714. The number of hydrogen-bond acceptors (Lipinski definition) is 2. The summed E-state index contributed by atoms with van der Waals surface area (Å²) >= 11 is 1.90. The van der Waals surface area contributed by atoms with E-state index >= 15 is 0 Å². The SMILES string of the molecule is Cc1ccc(CNCC2C(C)(C)C2(C)C)s1. The van der Waals surface area contributed by atoms with Gasteiger partial charge in [0.15, 0.2) is 0 Å². The topological polar surface area (TPSA) is 12.0 Å². The maximum atomic E-state index is 3.60. The molecule has 0 saturated heterocycles. The van der Waals surface area contributed by atoms with E-state index in [4.69, 9.17) is 0 Å². The molecule has 16 heavy (non-hydrogen) atoms. The Morgan fingerprint density at radius 3 is 2.25 bits per heavy atom. The number of rotatable bonds is 4. The van der Waals surface area contributed by atoms with Crippen LogP contribution in [0.5, 0.6) is 0 Å². The first-order valence-corrected chi connectivity index (χ1v) is 6.93. The van der Waals surface area contributed by atoms with Gasteiger partial charge in [0.05, 0.1) is 0 Å². The summed E-state index contributed by atoms with van der Waals surface area (Å²) in [5.74, 6) is 0.820. The molecule has 2 rings (SSSR count). The van der Waals surface area contributed by atoms with Gasteiger partial charge in [-0.1, -0.05) is 27.7 Å². The molecule has 1 aliphatic rings. The van der Waals surface area contributed by atoms with Crippen LogP contribution >= 0.6 is 11.3 Å². The van der Waals surface area contributed by atoms with E-state index in [0.29, 0.717) is 10.8 Å². The summed E-state index contributed by atoms with van der Waals surface area (Å²) < 4.78 is 0. The summed E-state index contributed by atoms with van der Waals surface area (Å²) in [6, 6.07) is 4.43. The van der Waals surface area contributed by atoms with Crippen LogP contribution in [0.3, 0.4) is 0 Å². The largest absolute Gasteiger partial charge is 0.312 e. The van der Waals surface area contributed by atoms with Crippen LogP contribution in [0.4, 0.5) is 0 Å². The van der Waals surface area contributed by atoms with E-state index in [2.05, 4.69) is 52.1 Å². The smallest absolute Gasteiger partial charge is 0.0299 e. The van der Waals surface area contributed by atoms with Crippen LogP contribution in [-0.4, -0.2) is 6.54 Å². The third-order valence-corrected chi connectivity index (χ3v) is 5.76. The van der Waals surface area contributed by atoms with E-state index in [1.54, 1.807) is 0 Å². The second-order valence-corrected chi connectivity index (χ2v) is 7.51. The second-order valence-electron chi connectivity index (χ2n) is 6.14. The van der Waals surface area contributed by atoms with Crippen LogP contribution in [0, 0.1) is 23.7 Å². The summed E-state index contributed by atoms with van der Waals surface area (Å²) in [6.07, 6.45) is 0. The van der Waals surface area contributed by atoms with Crippen LogP contribution in [0.1, 0.15) is 37.4 Å². The summed E-state index contributed by atoms with van der Waals surface area (Å²) in [6.45, 7) is 13.9. The molecule has 0 amide bonds. The quantitative estimate of drug-likeness (QED) is 0.839. The van der Waals surface area contributed by atoms with Crippen molar-refractivity contribution in [3.63, 3.8) is 0 Å². The molecule has 1 aromatic heterocycles. The molecule has 2 heteroatoms. The lowest BCUT2D eigenvalue weighted by molar-refractivity contribution is 0.457. The van der Waals surface area contributed by atoms with Crippen molar-refractivity contribution < 1.29 is 0 Å². The average molecular weight is 237 g/mol. The van der Waals surface area contributed by atoms with E-state index in [9.17, 15) is 0 Å². The van der Waals surface area contributed by atoms with Crippen LogP contribution in [0.15, 0.2) is 12.1 Å². The molecular formula is C14H23NS. The Bertz CT molecular complexity index is 362. The van der Waals surface area contributed by atoms with E-state index in [-0.39, 0.29) is 0 Å². The van der Waals surface area contributed by atoms with Gasteiger partial charge in [0.2, 0.25) is 0 Å². The van der Waals surface area contributed by atoms with Crippen molar-refractivity contribution in [3.8, 4) is 0 Å². The van der Waals surface area contributed by atoms with Crippen LogP contribution in [0.25, 0.3) is 0 Å². The van der Waals surface area contributed by atoms with Crippen molar-refractivity contribution in [1.29, 1.82) is 0 Å². The molecule has 1 N–H and O–H groups in total. The summed E-state index contributed by atoms with van der Waals surface area (Å²) in [5, 5.41) is 3.60. The third-order valence-electron chi connectivity index (χ3n) is 4.76. The third kappa shape index (κ3) is 1.93. The Balaban J connectivity index is 1.78. The lowest BCUT2D eigenvalue weighted by atomic mass is 10.0. The highest BCUT2D eigenvalue weighted by Crippen LogP contribution is 2.67. The van der Waals surface area contributed by atoms with Gasteiger partial charge in [-0.05, 0) is 42.3 Å². The first-order chi connectivity index (χ1) is 7.35. The maximum absolute atomic E-state index is 3.60. The maximum Gasteiger partial charge on any atom is 0.0299 e. The van der Waals surface area contributed by atoms with E-state index in [1.165, 1.54) is 9.75 Å². The van der Waals surface area contributed by atoms with Gasteiger partial charge in [0.25, 0.3) is 0 Å². The highest BCUT2D eigenvalue weighted by molar-refractivity contribution is 7.11. The number of hydrogen-bond donors (Lipinski definition) is 1. The van der Waals surface area contributed by atoms with Crippen LogP contribution < -0.4 is 5.32 Å². The molecule has 0 spiro atoms. The molecule has 90 valence electrons. The van der Waals surface area contributed by atoms with Gasteiger partial charge >= 0.3 is 0 Å². The summed E-state index contributed by atoms with van der Waals surface area (Å²) in [4.78, 5) is 2.86. The van der Waals surface area contributed by atoms with Crippen molar-refractivity contribution in [1.82, 2.24) is 5.32 Å². The molecule has 0 radical (unpaired) electrons. The molecule has 0 unspecified atom stereocenters. The lowest BCUT2D eigenvalue weighted by Crippen LogP contribution is -2.18. The predicted octanol–water partition coefficient (Wildman–Crippen LogP) is 3.83. The molecule has 0 aromatic carbocycles. The van der Waals surface area contributed by atoms with Crippen molar-refractivity contribution >= 4 is 11.3 Å². The minimum absolute atomic E-state index is 0.505. The van der Waals surface area contributed by atoms with Crippen LogP contribution in [-0.2, 0) is 6.54 Å². The Hall–Kier alpha value is -0.340. The zero-order chi connectivity index (χ0) is 12.0.